The van der Waals surface area contributed by atoms with Gasteiger partial charge in [-0.25, -0.2) is 0 Å². The lowest BCUT2D eigenvalue weighted by molar-refractivity contribution is -0.141. The Bertz CT molecular complexity index is 81.0. The van der Waals surface area contributed by atoms with E-state index in [1.54, 1.807) is 0 Å². The Kier molecular flexibility index (Phi) is 10.9. The van der Waals surface area contributed by atoms with E-state index in [1.807, 2.05) is 0 Å². The number of alkyl halides is 1. The van der Waals surface area contributed by atoms with Gasteiger partial charge in [0.15, 0.2) is 0 Å². The minimum absolute atomic E-state index is 0. The maximum absolute atomic E-state index is 10.2. The number of rotatable bonds is 3. The van der Waals surface area contributed by atoms with Crippen molar-refractivity contribution in [3.05, 3.63) is 0 Å². The van der Waals surface area contributed by atoms with E-state index in [4.69, 9.17) is 5.73 Å². The van der Waals surface area contributed by atoms with Gasteiger partial charge < -0.3 is 10.5 Å². The number of carbonyl (C=O) groups is 1. The Morgan fingerprint density at radius 3 is 2.56 bits per heavy atom. The van der Waals surface area contributed by atoms with Gasteiger partial charge in [0.05, 0.1) is 6.54 Å². The second kappa shape index (κ2) is 8.20. The second-order valence-electron chi connectivity index (χ2n) is 1.11. The minimum atomic E-state index is -0.357. The van der Waals surface area contributed by atoms with Gasteiger partial charge in [-0.2, -0.15) is 0 Å². The van der Waals surface area contributed by atoms with Crippen LogP contribution >= 0.6 is 28.3 Å². The fourth-order valence-corrected chi connectivity index (χ4v) is 0.373. The van der Waals surface area contributed by atoms with Crippen LogP contribution in [0.25, 0.3) is 0 Å². The van der Waals surface area contributed by atoms with Crippen LogP contribution in [0.2, 0.25) is 0 Å². The van der Waals surface area contributed by atoms with Gasteiger partial charge in [0.1, 0.15) is 6.61 Å². The minimum Gasteiger partial charge on any atom is -0.464 e. The zero-order valence-electron chi connectivity index (χ0n) is 4.80. The fraction of sp³-hybridized carbons (Fsp3) is 0.750. The molecule has 0 radical (unpaired) electrons. The number of nitrogens with two attached hydrogens (primary N) is 1. The number of hydrogen-bond acceptors (Lipinski definition) is 3. The molecule has 3 nitrogen and oxygen atoms in total. The van der Waals surface area contributed by atoms with Crippen LogP contribution in [0.5, 0.6) is 0 Å². The van der Waals surface area contributed by atoms with E-state index in [0.29, 0.717) is 11.9 Å². The van der Waals surface area contributed by atoms with Crippen LogP contribution < -0.4 is 5.73 Å². The summed E-state index contributed by atoms with van der Waals surface area (Å²) in [5, 5.41) is 0.665. The zero-order chi connectivity index (χ0) is 6.41. The summed E-state index contributed by atoms with van der Waals surface area (Å²) in [4.78, 5) is 10.2. The summed E-state index contributed by atoms with van der Waals surface area (Å²) < 4.78 is 4.53. The van der Waals surface area contributed by atoms with E-state index in [1.165, 1.54) is 0 Å². The average molecular weight is 218 g/mol. The molecule has 0 unspecified atom stereocenters. The maximum atomic E-state index is 10.2. The molecule has 0 aromatic rings. The molecule has 0 aromatic heterocycles. The van der Waals surface area contributed by atoms with Crippen LogP contribution in [0.1, 0.15) is 0 Å². The van der Waals surface area contributed by atoms with Crippen LogP contribution in [-0.2, 0) is 9.53 Å². The van der Waals surface area contributed by atoms with Gasteiger partial charge >= 0.3 is 5.97 Å². The second-order valence-corrected chi connectivity index (χ2v) is 1.91. The van der Waals surface area contributed by atoms with E-state index in [9.17, 15) is 4.79 Å². The van der Waals surface area contributed by atoms with E-state index in [2.05, 4.69) is 20.7 Å². The number of halogens is 2. The van der Waals surface area contributed by atoms with Gasteiger partial charge in [0.25, 0.3) is 0 Å². The third-order valence-corrected chi connectivity index (χ3v) is 0.831. The first kappa shape index (κ1) is 11.9. The van der Waals surface area contributed by atoms with Crippen molar-refractivity contribution in [1.82, 2.24) is 0 Å². The van der Waals surface area contributed by atoms with Gasteiger partial charge in [-0.15, -0.1) is 12.4 Å². The molecule has 9 heavy (non-hydrogen) atoms. The first-order valence-electron chi connectivity index (χ1n) is 2.23. The smallest absolute Gasteiger partial charge is 0.319 e. The summed E-state index contributed by atoms with van der Waals surface area (Å²) in [6.07, 6.45) is 0. The van der Waals surface area contributed by atoms with Gasteiger partial charge in [0, 0.05) is 5.33 Å². The van der Waals surface area contributed by atoms with Crippen molar-refractivity contribution in [3.63, 3.8) is 0 Å². The Hall–Kier alpha value is 0.200. The summed E-state index contributed by atoms with van der Waals surface area (Å²) in [6.45, 7) is 0.364. The summed E-state index contributed by atoms with van der Waals surface area (Å²) in [5.74, 6) is -0.357. The molecule has 0 saturated carbocycles. The summed E-state index contributed by atoms with van der Waals surface area (Å²) in [7, 11) is 0. The molecule has 0 aliphatic carbocycles. The first-order valence-corrected chi connectivity index (χ1v) is 3.35. The van der Waals surface area contributed by atoms with Gasteiger partial charge in [0.2, 0.25) is 0 Å². The number of hydrogen-bond donors (Lipinski definition) is 1. The molecule has 5 heteroatoms. The molecule has 56 valence electrons. The topological polar surface area (TPSA) is 52.3 Å². The molecule has 0 aliphatic heterocycles. The number of esters is 1. The zero-order valence-corrected chi connectivity index (χ0v) is 7.20. The Labute approximate surface area is 68.5 Å². The summed E-state index contributed by atoms with van der Waals surface area (Å²) in [6, 6.07) is 0. The molecule has 0 bridgehead atoms. The average Bonchev–Trinajstić information content (AvgIpc) is 1.83. The Morgan fingerprint density at radius 2 is 2.22 bits per heavy atom. The van der Waals surface area contributed by atoms with Crippen molar-refractivity contribution in [3.8, 4) is 0 Å². The third kappa shape index (κ3) is 8.20. The van der Waals surface area contributed by atoms with E-state index in [0.717, 1.165) is 0 Å². The molecule has 0 fully saturated rings. The van der Waals surface area contributed by atoms with Crippen LogP contribution in [0.4, 0.5) is 0 Å². The molecule has 0 heterocycles. The maximum Gasteiger partial charge on any atom is 0.319 e. The Balaban J connectivity index is 0. The SMILES string of the molecule is Cl.NCC(=O)OCCBr. The van der Waals surface area contributed by atoms with Gasteiger partial charge in [-0.3, -0.25) is 4.79 Å². The molecule has 0 rings (SSSR count). The van der Waals surface area contributed by atoms with Crippen molar-refractivity contribution in [1.29, 1.82) is 0 Å². The molecular weight excluding hydrogens is 209 g/mol. The lowest BCUT2D eigenvalue weighted by Gasteiger charge is -1.96. The fourth-order valence-electron chi connectivity index (χ4n) is 0.211. The number of carbonyl (C=O) groups excluding carboxylic acids is 1. The quantitative estimate of drug-likeness (QED) is 0.548. The molecule has 0 spiro atoms. The van der Waals surface area contributed by atoms with Crippen molar-refractivity contribution in [2.45, 2.75) is 0 Å². The monoisotopic (exact) mass is 217 g/mol. The molecule has 0 aliphatic rings. The highest BCUT2D eigenvalue weighted by molar-refractivity contribution is 9.09. The largest absolute Gasteiger partial charge is 0.464 e. The molecule has 2 N–H and O–H groups in total. The van der Waals surface area contributed by atoms with Crippen molar-refractivity contribution < 1.29 is 9.53 Å². The van der Waals surface area contributed by atoms with Crippen LogP contribution in [0, 0.1) is 0 Å². The van der Waals surface area contributed by atoms with Gasteiger partial charge in [-0.1, -0.05) is 15.9 Å². The lowest BCUT2D eigenvalue weighted by atomic mass is 10.7. The molecule has 0 atom stereocenters. The molecular formula is C4H9BrClNO2. The van der Waals surface area contributed by atoms with Crippen LogP contribution in [0.15, 0.2) is 0 Å². The predicted molar refractivity (Wildman–Crippen MR) is 41.1 cm³/mol. The normalized spacial score (nSPS) is 7.78. The summed E-state index contributed by atoms with van der Waals surface area (Å²) in [5.41, 5.74) is 4.92. The van der Waals surface area contributed by atoms with Crippen molar-refractivity contribution in [2.75, 3.05) is 18.5 Å². The third-order valence-electron chi connectivity index (χ3n) is 0.507. The standard InChI is InChI=1S/C4H8BrNO2.ClH/c5-1-2-8-4(7)3-6;/h1-3,6H2;1H. The highest BCUT2D eigenvalue weighted by Crippen LogP contribution is 1.80. The first-order chi connectivity index (χ1) is 3.81. The molecule has 0 aromatic carbocycles. The molecule has 0 amide bonds. The van der Waals surface area contributed by atoms with E-state index < -0.39 is 0 Å². The van der Waals surface area contributed by atoms with E-state index in [-0.39, 0.29) is 24.9 Å². The van der Waals surface area contributed by atoms with E-state index >= 15 is 0 Å². The summed E-state index contributed by atoms with van der Waals surface area (Å²) >= 11 is 3.09. The predicted octanol–water partition coefficient (Wildman–Crippen LogP) is 0.305. The lowest BCUT2D eigenvalue weighted by Crippen LogP contribution is -2.17. The molecule has 0 saturated heterocycles. The van der Waals surface area contributed by atoms with Crippen molar-refractivity contribution >= 4 is 34.3 Å². The van der Waals surface area contributed by atoms with Crippen LogP contribution in [-0.4, -0.2) is 24.5 Å². The number of ether oxygens (including phenoxy) is 1. The van der Waals surface area contributed by atoms with Crippen LogP contribution in [0.3, 0.4) is 0 Å². The Morgan fingerprint density at radius 1 is 1.67 bits per heavy atom. The van der Waals surface area contributed by atoms with Crippen molar-refractivity contribution in [2.24, 2.45) is 5.73 Å². The highest BCUT2D eigenvalue weighted by atomic mass is 79.9. The highest BCUT2D eigenvalue weighted by Gasteiger charge is 1.94. The van der Waals surface area contributed by atoms with Gasteiger partial charge in [-0.05, 0) is 0 Å².